The number of benzene rings is 2. The van der Waals surface area contributed by atoms with Crippen LogP contribution in [0, 0.1) is 6.92 Å². The van der Waals surface area contributed by atoms with Crippen molar-refractivity contribution in [3.63, 3.8) is 0 Å². The third-order valence-corrected chi connectivity index (χ3v) is 6.73. The Morgan fingerprint density at radius 2 is 1.75 bits per heavy atom. The molecule has 1 heterocycles. The summed E-state index contributed by atoms with van der Waals surface area (Å²) in [6, 6.07) is 11.0. The largest absolute Gasteiger partial charge is 0.516 e. The lowest BCUT2D eigenvalue weighted by Crippen LogP contribution is -2.51. The van der Waals surface area contributed by atoms with Crippen LogP contribution in [0.2, 0.25) is 0 Å². The van der Waals surface area contributed by atoms with Crippen LogP contribution in [0.1, 0.15) is 30.0 Å². The van der Waals surface area contributed by atoms with Crippen LogP contribution in [0.4, 0.5) is 18.9 Å². The smallest absolute Gasteiger partial charge is 0.497 e. The molecule has 0 amide bonds. The van der Waals surface area contributed by atoms with Crippen LogP contribution in [-0.2, 0) is 15.6 Å². The van der Waals surface area contributed by atoms with E-state index in [1.165, 1.54) is 13.2 Å². The van der Waals surface area contributed by atoms with Crippen LogP contribution < -0.4 is 9.04 Å². The SMILES string of the molecule is C=C1c2cc(C)ccc2N(S(=O)(=O)C(F)(F)F)[C@]1(CC)c1ccc(OC)cc1. The van der Waals surface area contributed by atoms with Crippen molar-refractivity contribution >= 4 is 21.3 Å². The monoisotopic (exact) mass is 411 g/mol. The molecular formula is C20H20F3NO3S. The van der Waals surface area contributed by atoms with Gasteiger partial charge < -0.3 is 4.74 Å². The lowest BCUT2D eigenvalue weighted by atomic mass is 9.81. The normalized spacial score (nSPS) is 19.6. The van der Waals surface area contributed by atoms with E-state index in [9.17, 15) is 21.6 Å². The number of halogens is 3. The molecule has 1 atom stereocenters. The van der Waals surface area contributed by atoms with Crippen LogP contribution in [0.15, 0.2) is 49.0 Å². The van der Waals surface area contributed by atoms with Crippen molar-refractivity contribution in [3.8, 4) is 5.75 Å². The van der Waals surface area contributed by atoms with Crippen LogP contribution in [0.25, 0.3) is 5.57 Å². The van der Waals surface area contributed by atoms with Crippen molar-refractivity contribution in [2.45, 2.75) is 31.3 Å². The van der Waals surface area contributed by atoms with Crippen molar-refractivity contribution < 1.29 is 26.3 Å². The molecule has 28 heavy (non-hydrogen) atoms. The summed E-state index contributed by atoms with van der Waals surface area (Å²) < 4.78 is 71.8. The van der Waals surface area contributed by atoms with Gasteiger partial charge in [-0.2, -0.15) is 21.6 Å². The van der Waals surface area contributed by atoms with E-state index in [0.29, 0.717) is 26.8 Å². The fourth-order valence-electron chi connectivity index (χ4n) is 3.78. The molecule has 1 aliphatic heterocycles. The molecule has 0 saturated carbocycles. The second kappa shape index (κ2) is 6.55. The number of anilines is 1. The van der Waals surface area contributed by atoms with E-state index in [2.05, 4.69) is 6.58 Å². The van der Waals surface area contributed by atoms with E-state index in [1.807, 2.05) is 0 Å². The van der Waals surface area contributed by atoms with Gasteiger partial charge in [0.05, 0.1) is 12.8 Å². The Morgan fingerprint density at radius 3 is 2.25 bits per heavy atom. The van der Waals surface area contributed by atoms with E-state index in [4.69, 9.17) is 4.74 Å². The zero-order valence-corrected chi connectivity index (χ0v) is 16.5. The number of aryl methyl sites for hydroxylation is 1. The topological polar surface area (TPSA) is 46.6 Å². The highest BCUT2D eigenvalue weighted by molar-refractivity contribution is 7.93. The summed E-state index contributed by atoms with van der Waals surface area (Å²) in [5.41, 5.74) is -5.17. The molecule has 0 saturated heterocycles. The Bertz CT molecular complexity index is 1030. The molecule has 0 bridgehead atoms. The summed E-state index contributed by atoms with van der Waals surface area (Å²) in [7, 11) is -4.21. The van der Waals surface area contributed by atoms with Crippen LogP contribution in [0.3, 0.4) is 0 Å². The minimum Gasteiger partial charge on any atom is -0.497 e. The molecule has 8 heteroatoms. The molecular weight excluding hydrogens is 391 g/mol. The van der Waals surface area contributed by atoms with Crippen LogP contribution in [-0.4, -0.2) is 21.0 Å². The fraction of sp³-hybridized carbons (Fsp3) is 0.300. The highest BCUT2D eigenvalue weighted by Crippen LogP contribution is 2.57. The standard InChI is InChI=1S/C20H20F3NO3S/c1-5-19(15-7-9-16(27-4)10-8-15)14(3)17-12-13(2)6-11-18(17)24(19)28(25,26)20(21,22)23/h6-12H,3,5H2,1-2,4H3/t19-/m0/s1. The number of ether oxygens (including phenoxy) is 1. The maximum absolute atomic E-state index is 13.6. The maximum Gasteiger partial charge on any atom is 0.516 e. The van der Waals surface area contributed by atoms with Gasteiger partial charge in [-0.25, -0.2) is 4.31 Å². The molecule has 0 unspecified atom stereocenters. The number of hydrogen-bond donors (Lipinski definition) is 0. The summed E-state index contributed by atoms with van der Waals surface area (Å²) in [5, 5.41) is 0. The van der Waals surface area contributed by atoms with E-state index in [-0.39, 0.29) is 12.1 Å². The Labute approximate surface area is 162 Å². The second-order valence-corrected chi connectivity index (χ2v) is 8.43. The zero-order chi connectivity index (χ0) is 20.9. The average molecular weight is 411 g/mol. The van der Waals surface area contributed by atoms with Gasteiger partial charge in [0.15, 0.2) is 0 Å². The highest BCUT2D eigenvalue weighted by Gasteiger charge is 2.60. The Balaban J connectivity index is 2.37. The zero-order valence-electron chi connectivity index (χ0n) is 15.7. The van der Waals surface area contributed by atoms with Gasteiger partial charge in [-0.1, -0.05) is 37.3 Å². The summed E-state index contributed by atoms with van der Waals surface area (Å²) in [6.07, 6.45) is 0.0706. The number of fused-ring (bicyclic) bond motifs is 1. The summed E-state index contributed by atoms with van der Waals surface area (Å²) in [4.78, 5) is 0. The minimum absolute atomic E-state index is 0.0226. The Hall–Kier alpha value is -2.48. The number of nitrogens with zero attached hydrogens (tertiary/aromatic N) is 1. The molecule has 0 fully saturated rings. The number of methoxy groups -OCH3 is 1. The van der Waals surface area contributed by atoms with Gasteiger partial charge in [-0.05, 0) is 48.7 Å². The summed E-state index contributed by atoms with van der Waals surface area (Å²) >= 11 is 0. The average Bonchev–Trinajstić information content (AvgIpc) is 2.90. The number of alkyl halides is 3. The molecule has 3 rings (SSSR count). The van der Waals surface area contributed by atoms with Gasteiger partial charge in [0.25, 0.3) is 0 Å². The van der Waals surface area contributed by atoms with Crippen molar-refractivity contribution in [1.29, 1.82) is 0 Å². The van der Waals surface area contributed by atoms with Crippen molar-refractivity contribution in [3.05, 3.63) is 65.7 Å². The van der Waals surface area contributed by atoms with Crippen molar-refractivity contribution in [2.75, 3.05) is 11.4 Å². The number of sulfonamides is 1. The van der Waals surface area contributed by atoms with Crippen LogP contribution in [0.5, 0.6) is 5.75 Å². The molecule has 4 nitrogen and oxygen atoms in total. The summed E-state index contributed by atoms with van der Waals surface area (Å²) in [6.45, 7) is 7.45. The molecule has 0 spiro atoms. The van der Waals surface area contributed by atoms with Crippen molar-refractivity contribution in [1.82, 2.24) is 0 Å². The summed E-state index contributed by atoms with van der Waals surface area (Å²) in [5.74, 6) is 0.511. The fourth-order valence-corrected chi connectivity index (χ4v) is 5.16. The Morgan fingerprint density at radius 1 is 1.14 bits per heavy atom. The van der Waals surface area contributed by atoms with Gasteiger partial charge in [0.2, 0.25) is 0 Å². The molecule has 150 valence electrons. The second-order valence-electron chi connectivity index (χ2n) is 6.66. The number of rotatable bonds is 4. The predicted octanol–water partition coefficient (Wildman–Crippen LogP) is 4.99. The van der Waals surface area contributed by atoms with Crippen molar-refractivity contribution in [2.24, 2.45) is 0 Å². The first-order chi connectivity index (χ1) is 13.0. The third kappa shape index (κ3) is 2.70. The molecule has 2 aromatic carbocycles. The first-order valence-electron chi connectivity index (χ1n) is 8.57. The van der Waals surface area contributed by atoms with Gasteiger partial charge in [-0.3, -0.25) is 0 Å². The quantitative estimate of drug-likeness (QED) is 0.712. The van der Waals surface area contributed by atoms with E-state index in [1.54, 1.807) is 50.2 Å². The van der Waals surface area contributed by atoms with Crippen LogP contribution >= 0.6 is 0 Å². The van der Waals surface area contributed by atoms with E-state index in [0.717, 1.165) is 5.56 Å². The first kappa shape index (κ1) is 20.3. The minimum atomic E-state index is -5.68. The van der Waals surface area contributed by atoms with Gasteiger partial charge >= 0.3 is 15.5 Å². The third-order valence-electron chi connectivity index (χ3n) is 5.15. The molecule has 1 aliphatic rings. The molecule has 2 aromatic rings. The first-order valence-corrected chi connectivity index (χ1v) is 10.0. The molecule has 0 N–H and O–H groups in total. The van der Waals surface area contributed by atoms with E-state index >= 15 is 0 Å². The molecule has 0 radical (unpaired) electrons. The van der Waals surface area contributed by atoms with Gasteiger partial charge in [0.1, 0.15) is 11.3 Å². The lowest BCUT2D eigenvalue weighted by Gasteiger charge is -2.40. The lowest BCUT2D eigenvalue weighted by molar-refractivity contribution is -0.0442. The van der Waals surface area contributed by atoms with Gasteiger partial charge in [0, 0.05) is 5.56 Å². The maximum atomic E-state index is 13.6. The Kier molecular flexibility index (Phi) is 4.74. The highest BCUT2D eigenvalue weighted by atomic mass is 32.2. The van der Waals surface area contributed by atoms with E-state index < -0.39 is 21.1 Å². The number of hydrogen-bond acceptors (Lipinski definition) is 3. The van der Waals surface area contributed by atoms with Gasteiger partial charge in [-0.15, -0.1) is 0 Å². The molecule has 0 aromatic heterocycles. The predicted molar refractivity (Wildman–Crippen MR) is 103 cm³/mol. The molecule has 0 aliphatic carbocycles.